The Bertz CT molecular complexity index is 876. The van der Waals surface area contributed by atoms with Crippen molar-refractivity contribution in [1.82, 2.24) is 9.62 Å². The minimum Gasteiger partial charge on any atom is -0.352 e. The van der Waals surface area contributed by atoms with Crippen LogP contribution in [0.15, 0.2) is 53.4 Å². The van der Waals surface area contributed by atoms with Gasteiger partial charge in [0.05, 0.1) is 4.90 Å². The van der Waals surface area contributed by atoms with Crippen molar-refractivity contribution in [3.63, 3.8) is 0 Å². The molecule has 3 rings (SSSR count). The van der Waals surface area contributed by atoms with Crippen LogP contribution >= 0.6 is 11.6 Å². The first-order valence-electron chi connectivity index (χ1n) is 8.60. The second-order valence-electron chi connectivity index (χ2n) is 6.27. The zero-order valence-electron chi connectivity index (χ0n) is 14.3. The molecule has 7 heteroatoms. The Labute approximate surface area is 159 Å². The highest BCUT2D eigenvalue weighted by molar-refractivity contribution is 7.89. The number of halogens is 1. The van der Waals surface area contributed by atoms with Crippen LogP contribution in [0, 0.1) is 0 Å². The highest BCUT2D eigenvalue weighted by Gasteiger charge is 2.27. The minimum absolute atomic E-state index is 0.225. The number of rotatable bonds is 6. The van der Waals surface area contributed by atoms with Crippen molar-refractivity contribution in [1.29, 1.82) is 0 Å². The summed E-state index contributed by atoms with van der Waals surface area (Å²) in [5.74, 6) is -0.225. The summed E-state index contributed by atoms with van der Waals surface area (Å²) in [7, 11) is -3.45. The molecule has 0 unspecified atom stereocenters. The summed E-state index contributed by atoms with van der Waals surface area (Å²) in [6.45, 7) is 1.61. The molecule has 1 aliphatic heterocycles. The second-order valence-corrected chi connectivity index (χ2v) is 8.65. The summed E-state index contributed by atoms with van der Waals surface area (Å²) >= 11 is 5.94. The summed E-state index contributed by atoms with van der Waals surface area (Å²) in [5, 5.41) is 3.51. The van der Waals surface area contributed by atoms with Crippen LogP contribution in [0.5, 0.6) is 0 Å². The van der Waals surface area contributed by atoms with Gasteiger partial charge in [0.1, 0.15) is 0 Å². The maximum atomic E-state index is 12.5. The van der Waals surface area contributed by atoms with Gasteiger partial charge in [0.2, 0.25) is 10.0 Å². The van der Waals surface area contributed by atoms with Gasteiger partial charge < -0.3 is 5.32 Å². The van der Waals surface area contributed by atoms with Crippen molar-refractivity contribution in [3.05, 3.63) is 64.7 Å². The Morgan fingerprint density at radius 1 is 1.08 bits per heavy atom. The maximum absolute atomic E-state index is 12.5. The first-order valence-corrected chi connectivity index (χ1v) is 10.4. The van der Waals surface area contributed by atoms with Crippen LogP contribution in [0.4, 0.5) is 0 Å². The van der Waals surface area contributed by atoms with Gasteiger partial charge in [-0.15, -0.1) is 0 Å². The van der Waals surface area contributed by atoms with E-state index >= 15 is 0 Å². The van der Waals surface area contributed by atoms with E-state index in [9.17, 15) is 13.2 Å². The number of hydrogen-bond acceptors (Lipinski definition) is 3. The van der Waals surface area contributed by atoms with E-state index in [2.05, 4.69) is 5.32 Å². The van der Waals surface area contributed by atoms with Crippen molar-refractivity contribution in [2.75, 3.05) is 19.6 Å². The molecule has 1 aliphatic rings. The molecule has 0 atom stereocenters. The Hall–Kier alpha value is -1.89. The summed E-state index contributed by atoms with van der Waals surface area (Å²) in [6.07, 6.45) is 2.46. The van der Waals surface area contributed by atoms with E-state index in [0.717, 1.165) is 18.4 Å². The van der Waals surface area contributed by atoms with E-state index in [1.807, 2.05) is 18.2 Å². The molecular weight excluding hydrogens is 372 g/mol. The van der Waals surface area contributed by atoms with Crippen LogP contribution in [0.25, 0.3) is 0 Å². The van der Waals surface area contributed by atoms with Crippen LogP contribution in [0.2, 0.25) is 5.02 Å². The van der Waals surface area contributed by atoms with Gasteiger partial charge in [-0.25, -0.2) is 8.42 Å². The van der Waals surface area contributed by atoms with Gasteiger partial charge in [0, 0.05) is 30.2 Å². The topological polar surface area (TPSA) is 66.5 Å². The van der Waals surface area contributed by atoms with Crippen LogP contribution < -0.4 is 5.32 Å². The normalized spacial score (nSPS) is 15.1. The Balaban J connectivity index is 1.58. The molecule has 1 heterocycles. The molecule has 0 aromatic heterocycles. The Morgan fingerprint density at radius 2 is 1.77 bits per heavy atom. The van der Waals surface area contributed by atoms with E-state index in [1.165, 1.54) is 16.4 Å². The van der Waals surface area contributed by atoms with Gasteiger partial charge in [-0.1, -0.05) is 23.7 Å². The third-order valence-corrected chi connectivity index (χ3v) is 6.56. The van der Waals surface area contributed by atoms with Gasteiger partial charge in [0.15, 0.2) is 0 Å². The number of carbonyl (C=O) groups is 1. The number of nitrogens with zero attached hydrogens (tertiary/aromatic N) is 1. The lowest BCUT2D eigenvalue weighted by Gasteiger charge is -2.15. The number of amides is 1. The molecule has 0 radical (unpaired) electrons. The second kappa shape index (κ2) is 8.20. The molecule has 2 aromatic carbocycles. The number of sulfonamides is 1. The monoisotopic (exact) mass is 392 g/mol. The van der Waals surface area contributed by atoms with Crippen molar-refractivity contribution >= 4 is 27.5 Å². The lowest BCUT2D eigenvalue weighted by atomic mass is 10.1. The van der Waals surface area contributed by atoms with Crippen LogP contribution in [-0.2, 0) is 16.4 Å². The zero-order chi connectivity index (χ0) is 18.6. The largest absolute Gasteiger partial charge is 0.352 e. The van der Waals surface area contributed by atoms with Crippen LogP contribution in [-0.4, -0.2) is 38.3 Å². The first kappa shape index (κ1) is 18.9. The molecule has 0 saturated carbocycles. The standard InChI is InChI=1S/C19H21ClN2O3S/c20-17-5-3-4-15(14-17)10-11-21-19(23)16-6-8-18(9-7-16)26(24,25)22-12-1-2-13-22/h3-9,14H,1-2,10-13H2,(H,21,23). The third kappa shape index (κ3) is 4.44. The average molecular weight is 393 g/mol. The van der Waals surface area contributed by atoms with Crippen molar-refractivity contribution in [3.8, 4) is 0 Å². The molecule has 0 bridgehead atoms. The van der Waals surface area contributed by atoms with Gasteiger partial charge in [0.25, 0.3) is 5.91 Å². The lowest BCUT2D eigenvalue weighted by molar-refractivity contribution is 0.0954. The van der Waals surface area contributed by atoms with E-state index in [4.69, 9.17) is 11.6 Å². The molecule has 138 valence electrons. The summed E-state index contributed by atoms with van der Waals surface area (Å²) in [4.78, 5) is 12.5. The SMILES string of the molecule is O=C(NCCc1cccc(Cl)c1)c1ccc(S(=O)(=O)N2CCCC2)cc1. The van der Waals surface area contributed by atoms with Crippen molar-refractivity contribution in [2.45, 2.75) is 24.2 Å². The zero-order valence-corrected chi connectivity index (χ0v) is 15.9. The van der Waals surface area contributed by atoms with E-state index in [-0.39, 0.29) is 10.8 Å². The van der Waals surface area contributed by atoms with Gasteiger partial charge in [-0.3, -0.25) is 4.79 Å². The highest BCUT2D eigenvalue weighted by atomic mass is 35.5. The molecule has 2 aromatic rings. The Morgan fingerprint density at radius 3 is 2.42 bits per heavy atom. The molecule has 1 fully saturated rings. The predicted molar refractivity (Wildman–Crippen MR) is 102 cm³/mol. The van der Waals surface area contributed by atoms with Crippen LogP contribution in [0.3, 0.4) is 0 Å². The molecule has 5 nitrogen and oxygen atoms in total. The maximum Gasteiger partial charge on any atom is 0.251 e. The van der Waals surface area contributed by atoms with Gasteiger partial charge in [-0.2, -0.15) is 4.31 Å². The first-order chi connectivity index (χ1) is 12.5. The van der Waals surface area contributed by atoms with E-state index in [0.29, 0.717) is 36.6 Å². The number of benzene rings is 2. The lowest BCUT2D eigenvalue weighted by Crippen LogP contribution is -2.28. The van der Waals surface area contributed by atoms with Gasteiger partial charge in [-0.05, 0) is 61.2 Å². The molecule has 0 aliphatic carbocycles. The molecule has 1 amide bonds. The van der Waals surface area contributed by atoms with Crippen LogP contribution in [0.1, 0.15) is 28.8 Å². The molecular formula is C19H21ClN2O3S. The molecule has 26 heavy (non-hydrogen) atoms. The average Bonchev–Trinajstić information content (AvgIpc) is 3.17. The molecule has 1 saturated heterocycles. The van der Waals surface area contributed by atoms with E-state index in [1.54, 1.807) is 18.2 Å². The quantitative estimate of drug-likeness (QED) is 0.821. The fraction of sp³-hybridized carbons (Fsp3) is 0.316. The smallest absolute Gasteiger partial charge is 0.251 e. The number of hydrogen-bond donors (Lipinski definition) is 1. The Kier molecular flexibility index (Phi) is 5.96. The predicted octanol–water partition coefficient (Wildman–Crippen LogP) is 3.10. The number of carbonyl (C=O) groups excluding carboxylic acids is 1. The summed E-state index contributed by atoms with van der Waals surface area (Å²) in [5.41, 5.74) is 1.49. The molecule has 1 N–H and O–H groups in total. The van der Waals surface area contributed by atoms with E-state index < -0.39 is 10.0 Å². The summed E-state index contributed by atoms with van der Waals surface area (Å²) < 4.78 is 26.5. The highest BCUT2D eigenvalue weighted by Crippen LogP contribution is 2.21. The van der Waals surface area contributed by atoms with Crippen molar-refractivity contribution < 1.29 is 13.2 Å². The summed E-state index contributed by atoms with van der Waals surface area (Å²) in [6, 6.07) is 13.6. The third-order valence-electron chi connectivity index (χ3n) is 4.41. The molecule has 0 spiro atoms. The fourth-order valence-corrected chi connectivity index (χ4v) is 4.70. The van der Waals surface area contributed by atoms with Gasteiger partial charge >= 0.3 is 0 Å². The fourth-order valence-electron chi connectivity index (χ4n) is 2.97. The minimum atomic E-state index is -3.45. The number of nitrogens with one attached hydrogen (secondary N) is 1. The van der Waals surface area contributed by atoms with Crippen molar-refractivity contribution in [2.24, 2.45) is 0 Å².